The summed E-state index contributed by atoms with van der Waals surface area (Å²) in [5.41, 5.74) is 0.734. The first-order valence-corrected chi connectivity index (χ1v) is 8.52. The summed E-state index contributed by atoms with van der Waals surface area (Å²) in [6.07, 6.45) is 5.37. The van der Waals surface area contributed by atoms with Crippen molar-refractivity contribution >= 4 is 23.8 Å². The highest BCUT2D eigenvalue weighted by molar-refractivity contribution is 5.86. The summed E-state index contributed by atoms with van der Waals surface area (Å²) in [7, 11) is 0. The van der Waals surface area contributed by atoms with E-state index in [0.29, 0.717) is 18.7 Å². The van der Waals surface area contributed by atoms with E-state index in [4.69, 9.17) is 9.84 Å². The Kier molecular flexibility index (Phi) is 6.38. The maximum absolute atomic E-state index is 12.0. The van der Waals surface area contributed by atoms with Crippen molar-refractivity contribution in [2.75, 3.05) is 25.0 Å². The molecule has 1 saturated heterocycles. The SMILES string of the molecule is CC(C)(C)OC(=O)Nc1ccncc1CC=CN1CCN(C(=O)O)CC1=O. The number of pyridine rings is 1. The van der Waals surface area contributed by atoms with Crippen molar-refractivity contribution in [2.24, 2.45) is 0 Å². The van der Waals surface area contributed by atoms with Crippen LogP contribution in [0.3, 0.4) is 0 Å². The molecular formula is C18H24N4O5. The second-order valence-corrected chi connectivity index (χ2v) is 7.04. The van der Waals surface area contributed by atoms with Crippen LogP contribution >= 0.6 is 0 Å². The predicted octanol–water partition coefficient (Wildman–Crippen LogP) is 2.31. The third-order valence-electron chi connectivity index (χ3n) is 3.69. The van der Waals surface area contributed by atoms with E-state index in [1.807, 2.05) is 0 Å². The molecule has 2 rings (SSSR count). The van der Waals surface area contributed by atoms with Gasteiger partial charge in [0, 0.05) is 31.7 Å². The lowest BCUT2D eigenvalue weighted by molar-refractivity contribution is -0.132. The number of nitrogens with one attached hydrogen (secondary N) is 1. The maximum atomic E-state index is 12.0. The minimum atomic E-state index is -1.10. The Hall–Kier alpha value is -3.10. The summed E-state index contributed by atoms with van der Waals surface area (Å²) in [4.78, 5) is 41.5. The number of hydrogen-bond acceptors (Lipinski definition) is 5. The van der Waals surface area contributed by atoms with Gasteiger partial charge in [0.2, 0.25) is 5.91 Å². The van der Waals surface area contributed by atoms with Gasteiger partial charge in [0.15, 0.2) is 0 Å². The van der Waals surface area contributed by atoms with Crippen LogP contribution in [0.1, 0.15) is 26.3 Å². The molecule has 1 fully saturated rings. The van der Waals surface area contributed by atoms with E-state index in [9.17, 15) is 14.4 Å². The molecule has 27 heavy (non-hydrogen) atoms. The van der Waals surface area contributed by atoms with Crippen LogP contribution in [0.25, 0.3) is 0 Å². The number of allylic oxidation sites excluding steroid dienone is 1. The van der Waals surface area contributed by atoms with Gasteiger partial charge in [0.05, 0.1) is 5.69 Å². The number of nitrogens with zero attached hydrogens (tertiary/aromatic N) is 3. The number of piperazine rings is 1. The highest BCUT2D eigenvalue weighted by Crippen LogP contribution is 2.17. The molecule has 0 aliphatic carbocycles. The van der Waals surface area contributed by atoms with Crippen molar-refractivity contribution in [1.29, 1.82) is 0 Å². The highest BCUT2D eigenvalue weighted by atomic mass is 16.6. The van der Waals surface area contributed by atoms with Crippen molar-refractivity contribution in [1.82, 2.24) is 14.8 Å². The zero-order chi connectivity index (χ0) is 20.0. The van der Waals surface area contributed by atoms with Crippen LogP contribution in [0.15, 0.2) is 30.7 Å². The highest BCUT2D eigenvalue weighted by Gasteiger charge is 2.25. The summed E-state index contributed by atoms with van der Waals surface area (Å²) < 4.78 is 5.25. The van der Waals surface area contributed by atoms with Gasteiger partial charge < -0.3 is 14.7 Å². The summed E-state index contributed by atoms with van der Waals surface area (Å²) in [5.74, 6) is -0.279. The van der Waals surface area contributed by atoms with E-state index in [-0.39, 0.29) is 19.0 Å². The molecular weight excluding hydrogens is 352 g/mol. The lowest BCUT2D eigenvalue weighted by atomic mass is 10.1. The largest absolute Gasteiger partial charge is 0.465 e. The van der Waals surface area contributed by atoms with E-state index >= 15 is 0 Å². The van der Waals surface area contributed by atoms with Gasteiger partial charge in [-0.05, 0) is 38.8 Å². The third-order valence-corrected chi connectivity index (χ3v) is 3.69. The molecule has 3 amide bonds. The standard InChI is InChI=1S/C18H24N4O5/c1-18(2,3)27-16(24)20-14-6-7-19-11-13(14)5-4-8-21-9-10-22(17(25)26)12-15(21)23/h4,6-8,11H,5,9-10,12H2,1-3H3,(H,25,26)(H,19,20,24). The van der Waals surface area contributed by atoms with Crippen molar-refractivity contribution in [3.63, 3.8) is 0 Å². The van der Waals surface area contributed by atoms with Crippen LogP contribution in [-0.2, 0) is 16.0 Å². The molecule has 9 heteroatoms. The number of rotatable bonds is 4. The molecule has 0 unspecified atom stereocenters. The van der Waals surface area contributed by atoms with Gasteiger partial charge in [-0.15, -0.1) is 0 Å². The van der Waals surface area contributed by atoms with Gasteiger partial charge in [0.25, 0.3) is 0 Å². The van der Waals surface area contributed by atoms with Crippen molar-refractivity contribution in [3.05, 3.63) is 36.3 Å². The third kappa shape index (κ3) is 6.28. The minimum absolute atomic E-state index is 0.155. The van der Waals surface area contributed by atoms with Crippen LogP contribution in [0.4, 0.5) is 15.3 Å². The molecule has 1 aliphatic rings. The Bertz CT molecular complexity index is 742. The number of carboxylic acid groups (broad SMARTS) is 1. The summed E-state index contributed by atoms with van der Waals surface area (Å²) in [5, 5.41) is 11.6. The quantitative estimate of drug-likeness (QED) is 0.834. The van der Waals surface area contributed by atoms with E-state index < -0.39 is 17.8 Å². The topological polar surface area (TPSA) is 112 Å². The number of carbonyl (C=O) groups excluding carboxylic acids is 2. The fourth-order valence-electron chi connectivity index (χ4n) is 2.44. The number of aromatic nitrogens is 1. The Balaban J connectivity index is 1.96. The van der Waals surface area contributed by atoms with Gasteiger partial charge in [-0.1, -0.05) is 6.08 Å². The summed E-state index contributed by atoms with van der Waals surface area (Å²) >= 11 is 0. The lowest BCUT2D eigenvalue weighted by Crippen LogP contribution is -2.49. The number of carbonyl (C=O) groups is 3. The molecule has 2 heterocycles. The van der Waals surface area contributed by atoms with Crippen LogP contribution in [0, 0.1) is 0 Å². The molecule has 0 saturated carbocycles. The second kappa shape index (κ2) is 8.52. The second-order valence-electron chi connectivity index (χ2n) is 7.04. The van der Waals surface area contributed by atoms with Crippen molar-refractivity contribution < 1.29 is 24.2 Å². The molecule has 2 N–H and O–H groups in total. The Labute approximate surface area is 157 Å². The molecule has 9 nitrogen and oxygen atoms in total. The van der Waals surface area contributed by atoms with Crippen molar-refractivity contribution in [2.45, 2.75) is 32.8 Å². The van der Waals surface area contributed by atoms with Crippen LogP contribution in [0.5, 0.6) is 0 Å². The van der Waals surface area contributed by atoms with Crippen molar-refractivity contribution in [3.8, 4) is 0 Å². The monoisotopic (exact) mass is 376 g/mol. The molecule has 146 valence electrons. The van der Waals surface area contributed by atoms with Crippen LogP contribution in [0.2, 0.25) is 0 Å². The first kappa shape index (κ1) is 20.2. The average Bonchev–Trinajstić information content (AvgIpc) is 2.56. The van der Waals surface area contributed by atoms with E-state index in [1.54, 1.807) is 51.5 Å². The van der Waals surface area contributed by atoms with Gasteiger partial charge in [-0.25, -0.2) is 9.59 Å². The smallest absolute Gasteiger partial charge is 0.412 e. The minimum Gasteiger partial charge on any atom is -0.465 e. The number of anilines is 1. The first-order valence-electron chi connectivity index (χ1n) is 8.52. The van der Waals surface area contributed by atoms with E-state index in [2.05, 4.69) is 10.3 Å². The molecule has 1 aliphatic heterocycles. The van der Waals surface area contributed by atoms with Gasteiger partial charge in [-0.3, -0.25) is 20.0 Å². The molecule has 0 atom stereocenters. The van der Waals surface area contributed by atoms with Gasteiger partial charge in [0.1, 0.15) is 12.1 Å². The summed E-state index contributed by atoms with van der Waals surface area (Å²) in [6.45, 7) is 5.76. The van der Waals surface area contributed by atoms with E-state index in [1.165, 1.54) is 4.90 Å². The molecule has 1 aromatic heterocycles. The number of amides is 3. The zero-order valence-electron chi connectivity index (χ0n) is 15.6. The fraction of sp³-hybridized carbons (Fsp3) is 0.444. The van der Waals surface area contributed by atoms with Gasteiger partial charge >= 0.3 is 12.2 Å². The lowest BCUT2D eigenvalue weighted by Gasteiger charge is -2.30. The molecule has 1 aromatic rings. The first-order chi connectivity index (χ1) is 12.7. The Morgan fingerprint density at radius 2 is 2.11 bits per heavy atom. The Morgan fingerprint density at radius 3 is 2.74 bits per heavy atom. The van der Waals surface area contributed by atoms with Crippen LogP contribution < -0.4 is 5.32 Å². The molecule has 0 radical (unpaired) electrons. The molecule has 0 spiro atoms. The Morgan fingerprint density at radius 1 is 1.37 bits per heavy atom. The zero-order valence-corrected chi connectivity index (χ0v) is 15.6. The van der Waals surface area contributed by atoms with E-state index in [0.717, 1.165) is 10.5 Å². The van der Waals surface area contributed by atoms with Gasteiger partial charge in [-0.2, -0.15) is 0 Å². The molecule has 0 aromatic carbocycles. The average molecular weight is 376 g/mol. The number of hydrogen-bond donors (Lipinski definition) is 2. The number of ether oxygens (including phenoxy) is 1. The molecule has 0 bridgehead atoms. The normalized spacial score (nSPS) is 15.1. The maximum Gasteiger partial charge on any atom is 0.412 e. The van der Waals surface area contributed by atoms with Crippen LogP contribution in [-0.4, -0.2) is 63.2 Å². The fourth-order valence-corrected chi connectivity index (χ4v) is 2.44. The predicted molar refractivity (Wildman–Crippen MR) is 98.2 cm³/mol. The summed E-state index contributed by atoms with van der Waals surface area (Å²) in [6, 6.07) is 1.67.